The molecule has 102 valence electrons. The molecule has 2 aromatic rings. The molecule has 0 amide bonds. The number of nitrogens with zero attached hydrogens (tertiary/aromatic N) is 3. The van der Waals surface area contributed by atoms with Crippen LogP contribution < -0.4 is 10.9 Å². The van der Waals surface area contributed by atoms with Crippen molar-refractivity contribution in [2.45, 2.75) is 26.3 Å². The molecule has 2 rings (SSSR count). The summed E-state index contributed by atoms with van der Waals surface area (Å²) in [6.45, 7) is 5.26. The topological polar surface area (TPSA) is 59.8 Å². The molecule has 0 fully saturated rings. The lowest BCUT2D eigenvalue weighted by Crippen LogP contribution is -2.24. The van der Waals surface area contributed by atoms with E-state index >= 15 is 0 Å². The number of hydrogen-bond donors (Lipinski definition) is 1. The van der Waals surface area contributed by atoms with Crippen LogP contribution in [0.15, 0.2) is 27.0 Å². The van der Waals surface area contributed by atoms with Gasteiger partial charge >= 0.3 is 0 Å². The average molecular weight is 343 g/mol. The van der Waals surface area contributed by atoms with Crippen LogP contribution in [-0.2, 0) is 6.54 Å². The van der Waals surface area contributed by atoms with Gasteiger partial charge in [-0.1, -0.05) is 6.92 Å². The number of halogens is 1. The maximum absolute atomic E-state index is 11.9. The third kappa shape index (κ3) is 3.22. The van der Waals surface area contributed by atoms with Gasteiger partial charge in [0, 0.05) is 30.6 Å². The molecule has 1 unspecified atom stereocenters. The third-order valence-electron chi connectivity index (χ3n) is 2.76. The summed E-state index contributed by atoms with van der Waals surface area (Å²) < 4.78 is 1.94. The van der Waals surface area contributed by atoms with E-state index in [4.69, 9.17) is 0 Å². The van der Waals surface area contributed by atoms with Crippen molar-refractivity contribution in [1.29, 1.82) is 0 Å². The highest BCUT2D eigenvalue weighted by Crippen LogP contribution is 2.21. The Kier molecular flexibility index (Phi) is 4.71. The zero-order valence-corrected chi connectivity index (χ0v) is 13.2. The molecule has 19 heavy (non-hydrogen) atoms. The number of thiazole rings is 1. The molecule has 5 nitrogen and oxygen atoms in total. The first kappa shape index (κ1) is 14.2. The molecule has 1 N–H and O–H groups in total. The van der Waals surface area contributed by atoms with E-state index in [9.17, 15) is 4.79 Å². The van der Waals surface area contributed by atoms with Crippen LogP contribution in [-0.4, -0.2) is 21.3 Å². The van der Waals surface area contributed by atoms with Crippen molar-refractivity contribution >= 4 is 33.0 Å². The number of hydrogen-bond acceptors (Lipinski definition) is 5. The SMILES string of the molecule is CCn1ncc(NCC(C)c2nccs2)c(Br)c1=O. The van der Waals surface area contributed by atoms with Gasteiger partial charge in [0.15, 0.2) is 0 Å². The fourth-order valence-corrected chi connectivity index (χ4v) is 2.79. The van der Waals surface area contributed by atoms with Gasteiger partial charge in [-0.3, -0.25) is 4.79 Å². The summed E-state index contributed by atoms with van der Waals surface area (Å²) in [5.74, 6) is 0.292. The minimum absolute atomic E-state index is 0.116. The van der Waals surface area contributed by atoms with Crippen molar-refractivity contribution < 1.29 is 0 Å². The van der Waals surface area contributed by atoms with Crippen LogP contribution in [0.4, 0.5) is 5.69 Å². The molecule has 7 heteroatoms. The summed E-state index contributed by atoms with van der Waals surface area (Å²) in [5.41, 5.74) is 0.604. The van der Waals surface area contributed by atoms with Crippen molar-refractivity contribution in [3.63, 3.8) is 0 Å². The summed E-state index contributed by atoms with van der Waals surface area (Å²) in [5, 5.41) is 10.4. The maximum Gasteiger partial charge on any atom is 0.283 e. The lowest BCUT2D eigenvalue weighted by Gasteiger charge is -2.12. The van der Waals surface area contributed by atoms with Crippen molar-refractivity contribution in [3.8, 4) is 0 Å². The number of aryl methyl sites for hydroxylation is 1. The summed E-state index contributed by atoms with van der Waals surface area (Å²) in [6, 6.07) is 0. The third-order valence-corrected chi connectivity index (χ3v) is 4.53. The van der Waals surface area contributed by atoms with Gasteiger partial charge in [0.25, 0.3) is 5.56 Å². The highest BCUT2D eigenvalue weighted by Gasteiger charge is 2.11. The van der Waals surface area contributed by atoms with Crippen molar-refractivity contribution in [3.05, 3.63) is 37.6 Å². The zero-order valence-electron chi connectivity index (χ0n) is 10.8. The quantitative estimate of drug-likeness (QED) is 0.907. The smallest absolute Gasteiger partial charge is 0.283 e. The van der Waals surface area contributed by atoms with Crippen LogP contribution in [0.3, 0.4) is 0 Å². The first-order chi connectivity index (χ1) is 9.13. The van der Waals surface area contributed by atoms with Gasteiger partial charge < -0.3 is 5.32 Å². The van der Waals surface area contributed by atoms with Gasteiger partial charge in [0.1, 0.15) is 4.47 Å². The monoisotopic (exact) mass is 342 g/mol. The number of nitrogens with one attached hydrogen (secondary N) is 1. The van der Waals surface area contributed by atoms with Crippen LogP contribution in [0.1, 0.15) is 24.8 Å². The van der Waals surface area contributed by atoms with Gasteiger partial charge in [-0.2, -0.15) is 5.10 Å². The van der Waals surface area contributed by atoms with Gasteiger partial charge in [-0.25, -0.2) is 9.67 Å². The molecule has 0 radical (unpaired) electrons. The molecule has 2 aromatic heterocycles. The lowest BCUT2D eigenvalue weighted by molar-refractivity contribution is 0.612. The molecule has 0 aromatic carbocycles. The van der Waals surface area contributed by atoms with E-state index in [0.29, 0.717) is 23.5 Å². The molecular weight excluding hydrogens is 328 g/mol. The van der Waals surface area contributed by atoms with E-state index in [1.54, 1.807) is 23.7 Å². The minimum Gasteiger partial charge on any atom is -0.382 e. The van der Waals surface area contributed by atoms with E-state index < -0.39 is 0 Å². The fraction of sp³-hybridized carbons (Fsp3) is 0.417. The average Bonchev–Trinajstić information content (AvgIpc) is 2.94. The van der Waals surface area contributed by atoms with Crippen LogP contribution in [0.25, 0.3) is 0 Å². The Morgan fingerprint density at radius 1 is 1.58 bits per heavy atom. The molecule has 1 atom stereocenters. The summed E-state index contributed by atoms with van der Waals surface area (Å²) in [4.78, 5) is 16.2. The maximum atomic E-state index is 11.9. The first-order valence-corrected chi connectivity index (χ1v) is 7.69. The van der Waals surface area contributed by atoms with Gasteiger partial charge in [0.2, 0.25) is 0 Å². The number of aromatic nitrogens is 3. The summed E-state index contributed by atoms with van der Waals surface area (Å²) >= 11 is 4.96. The summed E-state index contributed by atoms with van der Waals surface area (Å²) in [6.07, 6.45) is 3.47. The van der Waals surface area contributed by atoms with E-state index in [-0.39, 0.29) is 5.56 Å². The van der Waals surface area contributed by atoms with E-state index in [2.05, 4.69) is 38.3 Å². The van der Waals surface area contributed by atoms with Crippen LogP contribution in [0.5, 0.6) is 0 Å². The van der Waals surface area contributed by atoms with Crippen LogP contribution >= 0.6 is 27.3 Å². The Hall–Kier alpha value is -1.21. The molecule has 0 aliphatic heterocycles. The molecule has 0 saturated heterocycles. The van der Waals surface area contributed by atoms with Gasteiger partial charge in [-0.15, -0.1) is 11.3 Å². The molecule has 0 spiro atoms. The second kappa shape index (κ2) is 6.29. The lowest BCUT2D eigenvalue weighted by atomic mass is 10.2. The second-order valence-electron chi connectivity index (χ2n) is 4.15. The molecule has 0 bridgehead atoms. The Bertz CT molecular complexity index is 596. The molecule has 2 heterocycles. The van der Waals surface area contributed by atoms with Crippen molar-refractivity contribution in [2.24, 2.45) is 0 Å². The predicted octanol–water partition coefficient (Wildman–Crippen LogP) is 2.70. The second-order valence-corrected chi connectivity index (χ2v) is 5.86. The Balaban J connectivity index is 2.08. The predicted molar refractivity (Wildman–Crippen MR) is 80.9 cm³/mol. The largest absolute Gasteiger partial charge is 0.382 e. The fourth-order valence-electron chi connectivity index (χ4n) is 1.64. The van der Waals surface area contributed by atoms with Crippen molar-refractivity contribution in [1.82, 2.24) is 14.8 Å². The van der Waals surface area contributed by atoms with Crippen molar-refractivity contribution in [2.75, 3.05) is 11.9 Å². The highest BCUT2D eigenvalue weighted by molar-refractivity contribution is 9.10. The molecule has 0 aliphatic rings. The number of rotatable bonds is 5. The zero-order chi connectivity index (χ0) is 13.8. The standard InChI is InChI=1S/C12H15BrN4OS/c1-3-17-12(18)10(13)9(7-16-17)15-6-8(2)11-14-4-5-19-11/h4-5,7-8,15H,3,6H2,1-2H3. The first-order valence-electron chi connectivity index (χ1n) is 6.02. The van der Waals surface area contributed by atoms with Crippen LogP contribution in [0, 0.1) is 0 Å². The van der Waals surface area contributed by atoms with E-state index in [1.165, 1.54) is 4.68 Å². The Morgan fingerprint density at radius 2 is 2.37 bits per heavy atom. The van der Waals surface area contributed by atoms with E-state index in [1.807, 2.05) is 12.3 Å². The molecule has 0 saturated carbocycles. The Labute approximate surface area is 123 Å². The van der Waals surface area contributed by atoms with E-state index in [0.717, 1.165) is 10.7 Å². The molecule has 0 aliphatic carbocycles. The normalized spacial score (nSPS) is 12.4. The Morgan fingerprint density at radius 3 is 3.00 bits per heavy atom. The minimum atomic E-state index is -0.116. The molecular formula is C12H15BrN4OS. The summed E-state index contributed by atoms with van der Waals surface area (Å²) in [7, 11) is 0. The van der Waals surface area contributed by atoms with Crippen LogP contribution in [0.2, 0.25) is 0 Å². The highest BCUT2D eigenvalue weighted by atomic mass is 79.9. The number of anilines is 1. The van der Waals surface area contributed by atoms with Gasteiger partial charge in [0.05, 0.1) is 16.9 Å². The van der Waals surface area contributed by atoms with Gasteiger partial charge in [-0.05, 0) is 22.9 Å².